The van der Waals surface area contributed by atoms with Crippen LogP contribution in [0.5, 0.6) is 0 Å². The van der Waals surface area contributed by atoms with Gasteiger partial charge < -0.3 is 10.6 Å². The van der Waals surface area contributed by atoms with Gasteiger partial charge in [-0.05, 0) is 31.2 Å². The molecule has 0 saturated heterocycles. The van der Waals surface area contributed by atoms with Crippen molar-refractivity contribution >= 4 is 34.6 Å². The summed E-state index contributed by atoms with van der Waals surface area (Å²) in [6.07, 6.45) is 0. The Morgan fingerprint density at radius 1 is 1.03 bits per heavy atom. The lowest BCUT2D eigenvalue weighted by atomic mass is 10.2. The first-order chi connectivity index (χ1) is 14.8. The third-order valence-electron chi connectivity index (χ3n) is 4.54. The molecule has 10 heteroatoms. The molecule has 0 spiro atoms. The molecule has 0 fully saturated rings. The number of para-hydroxylation sites is 2. The monoisotopic (exact) mass is 437 g/mol. The molecule has 4 aromatic rings. The fourth-order valence-electron chi connectivity index (χ4n) is 3.03. The summed E-state index contributed by atoms with van der Waals surface area (Å²) >= 11 is 1.24. The largest absolute Gasteiger partial charge is 0.368 e. The Morgan fingerprint density at radius 3 is 2.48 bits per heavy atom. The summed E-state index contributed by atoms with van der Waals surface area (Å²) < 4.78 is 15.9. The van der Waals surface area contributed by atoms with Crippen molar-refractivity contribution < 1.29 is 4.39 Å². The SMILES string of the molecule is CC(Sc1nc2ccccc2c(=O)n1-c1ccccc1F)c1nc(N)nc(N(C)C)n1. The molecule has 0 amide bonds. The minimum absolute atomic E-state index is 0.0964. The number of halogens is 1. The van der Waals surface area contributed by atoms with Crippen molar-refractivity contribution in [3.8, 4) is 5.69 Å². The van der Waals surface area contributed by atoms with Crippen molar-refractivity contribution in [2.24, 2.45) is 0 Å². The molecule has 4 rings (SSSR count). The molecular weight excluding hydrogens is 417 g/mol. The van der Waals surface area contributed by atoms with E-state index in [4.69, 9.17) is 5.73 Å². The highest BCUT2D eigenvalue weighted by atomic mass is 32.2. The lowest BCUT2D eigenvalue weighted by Gasteiger charge is -2.17. The van der Waals surface area contributed by atoms with Gasteiger partial charge >= 0.3 is 0 Å². The number of hydrogen-bond acceptors (Lipinski definition) is 8. The summed E-state index contributed by atoms with van der Waals surface area (Å²) in [6.45, 7) is 1.87. The molecule has 0 aliphatic rings. The summed E-state index contributed by atoms with van der Waals surface area (Å²) in [5, 5.41) is 0.392. The lowest BCUT2D eigenvalue weighted by molar-refractivity contribution is 0.608. The number of benzene rings is 2. The van der Waals surface area contributed by atoms with Crippen molar-refractivity contribution in [3.63, 3.8) is 0 Å². The average molecular weight is 438 g/mol. The molecule has 0 bridgehead atoms. The van der Waals surface area contributed by atoms with E-state index in [0.717, 1.165) is 0 Å². The maximum absolute atomic E-state index is 14.6. The number of nitrogen functional groups attached to an aromatic ring is 1. The lowest BCUT2D eigenvalue weighted by Crippen LogP contribution is -2.23. The minimum Gasteiger partial charge on any atom is -0.368 e. The Kier molecular flexibility index (Phi) is 5.55. The van der Waals surface area contributed by atoms with E-state index >= 15 is 0 Å². The fourth-order valence-corrected chi connectivity index (χ4v) is 3.99. The van der Waals surface area contributed by atoms with Gasteiger partial charge in [-0.15, -0.1) is 0 Å². The van der Waals surface area contributed by atoms with Gasteiger partial charge in [0.25, 0.3) is 5.56 Å². The average Bonchev–Trinajstić information content (AvgIpc) is 2.74. The number of hydrogen-bond donors (Lipinski definition) is 1. The molecule has 2 N–H and O–H groups in total. The second-order valence-electron chi connectivity index (χ2n) is 7.01. The quantitative estimate of drug-likeness (QED) is 0.375. The summed E-state index contributed by atoms with van der Waals surface area (Å²) in [4.78, 5) is 32.5. The van der Waals surface area contributed by atoms with Gasteiger partial charge in [0.15, 0.2) is 5.16 Å². The minimum atomic E-state index is -0.518. The van der Waals surface area contributed by atoms with Gasteiger partial charge in [-0.2, -0.15) is 15.0 Å². The molecule has 0 aliphatic carbocycles. The number of fused-ring (bicyclic) bond motifs is 1. The van der Waals surface area contributed by atoms with Crippen LogP contribution in [0.25, 0.3) is 16.6 Å². The number of aromatic nitrogens is 5. The Bertz CT molecular complexity index is 1320. The van der Waals surface area contributed by atoms with Gasteiger partial charge in [-0.3, -0.25) is 9.36 Å². The van der Waals surface area contributed by atoms with Crippen LogP contribution in [0, 0.1) is 5.82 Å². The highest BCUT2D eigenvalue weighted by Crippen LogP contribution is 2.34. The molecule has 31 heavy (non-hydrogen) atoms. The van der Waals surface area contributed by atoms with Crippen LogP contribution in [0.1, 0.15) is 18.0 Å². The molecule has 2 aromatic carbocycles. The van der Waals surface area contributed by atoms with Gasteiger partial charge in [0, 0.05) is 14.1 Å². The number of nitrogens with zero attached hydrogens (tertiary/aromatic N) is 6. The first kappa shape index (κ1) is 20.7. The van der Waals surface area contributed by atoms with Crippen molar-refractivity contribution in [1.82, 2.24) is 24.5 Å². The summed E-state index contributed by atoms with van der Waals surface area (Å²) in [7, 11) is 3.61. The van der Waals surface area contributed by atoms with E-state index in [1.807, 2.05) is 6.92 Å². The molecule has 158 valence electrons. The van der Waals surface area contributed by atoms with Crippen LogP contribution in [0.4, 0.5) is 16.3 Å². The van der Waals surface area contributed by atoms with E-state index in [-0.39, 0.29) is 22.4 Å². The number of thioether (sulfide) groups is 1. The predicted molar refractivity (Wildman–Crippen MR) is 120 cm³/mol. The summed E-state index contributed by atoms with van der Waals surface area (Å²) in [6, 6.07) is 13.1. The Morgan fingerprint density at radius 2 is 1.74 bits per heavy atom. The van der Waals surface area contributed by atoms with Crippen LogP contribution < -0.4 is 16.2 Å². The second kappa shape index (κ2) is 8.31. The zero-order valence-electron chi connectivity index (χ0n) is 17.2. The first-order valence-corrected chi connectivity index (χ1v) is 10.3. The molecule has 2 aromatic heterocycles. The smallest absolute Gasteiger partial charge is 0.266 e. The van der Waals surface area contributed by atoms with E-state index in [0.29, 0.717) is 27.8 Å². The molecule has 2 heterocycles. The standard InChI is InChI=1S/C21H20FN7OS/c1-12(17-25-19(23)27-20(26-17)28(2)3)31-21-24-15-10-6-4-8-13(15)18(30)29(21)16-11-7-5-9-14(16)22/h4-12H,1-3H3,(H2,23,25,26,27). The van der Waals surface area contributed by atoms with E-state index in [9.17, 15) is 9.18 Å². The molecular formula is C21H20FN7OS. The maximum atomic E-state index is 14.6. The predicted octanol–water partition coefficient (Wildman–Crippen LogP) is 3.21. The topological polar surface area (TPSA) is 103 Å². The second-order valence-corrected chi connectivity index (χ2v) is 8.32. The van der Waals surface area contributed by atoms with Crippen LogP contribution in [0.15, 0.2) is 58.5 Å². The van der Waals surface area contributed by atoms with Crippen molar-refractivity contribution in [1.29, 1.82) is 0 Å². The zero-order chi connectivity index (χ0) is 22.1. The Labute approximate surface area is 182 Å². The molecule has 1 unspecified atom stereocenters. The highest BCUT2D eigenvalue weighted by molar-refractivity contribution is 7.99. The van der Waals surface area contributed by atoms with E-state index in [2.05, 4.69) is 19.9 Å². The van der Waals surface area contributed by atoms with Crippen LogP contribution >= 0.6 is 11.8 Å². The van der Waals surface area contributed by atoms with Gasteiger partial charge in [0.05, 0.1) is 21.8 Å². The van der Waals surface area contributed by atoms with E-state index < -0.39 is 5.82 Å². The third kappa shape index (κ3) is 4.06. The van der Waals surface area contributed by atoms with Crippen molar-refractivity contribution in [3.05, 3.63) is 70.5 Å². The number of rotatable bonds is 5. The van der Waals surface area contributed by atoms with Crippen molar-refractivity contribution in [2.75, 3.05) is 24.7 Å². The molecule has 0 radical (unpaired) electrons. The molecule has 8 nitrogen and oxygen atoms in total. The van der Waals surface area contributed by atoms with Crippen LogP contribution in [0.2, 0.25) is 0 Å². The molecule has 1 atom stereocenters. The third-order valence-corrected chi connectivity index (χ3v) is 5.59. The Balaban J connectivity index is 1.87. The van der Waals surface area contributed by atoms with Gasteiger partial charge in [0.1, 0.15) is 11.6 Å². The number of anilines is 2. The maximum Gasteiger partial charge on any atom is 0.266 e. The highest BCUT2D eigenvalue weighted by Gasteiger charge is 2.21. The normalized spacial score (nSPS) is 12.1. The van der Waals surface area contributed by atoms with Crippen LogP contribution in [0.3, 0.4) is 0 Å². The van der Waals surface area contributed by atoms with Gasteiger partial charge in [0.2, 0.25) is 11.9 Å². The summed E-state index contributed by atoms with van der Waals surface area (Å²) in [5.74, 6) is 0.436. The molecule has 0 aliphatic heterocycles. The fraction of sp³-hybridized carbons (Fsp3) is 0.190. The number of nitrogens with two attached hydrogens (primary N) is 1. The van der Waals surface area contributed by atoms with Gasteiger partial charge in [-0.1, -0.05) is 36.0 Å². The zero-order valence-corrected chi connectivity index (χ0v) is 18.0. The Hall–Kier alpha value is -3.53. The van der Waals surface area contributed by atoms with Crippen LogP contribution in [-0.2, 0) is 0 Å². The first-order valence-electron chi connectivity index (χ1n) is 9.47. The van der Waals surface area contributed by atoms with E-state index in [1.165, 1.54) is 22.4 Å². The summed E-state index contributed by atoms with van der Waals surface area (Å²) in [5.41, 5.74) is 6.15. The molecule has 0 saturated carbocycles. The van der Waals surface area contributed by atoms with Crippen molar-refractivity contribution in [2.45, 2.75) is 17.3 Å². The van der Waals surface area contributed by atoms with Crippen LogP contribution in [-0.4, -0.2) is 38.6 Å². The van der Waals surface area contributed by atoms with E-state index in [1.54, 1.807) is 61.5 Å². The van der Waals surface area contributed by atoms with Gasteiger partial charge in [-0.25, -0.2) is 9.37 Å².